The summed E-state index contributed by atoms with van der Waals surface area (Å²) in [5.74, 6) is 1.10. The molecule has 0 amide bonds. The smallest absolute Gasteiger partial charge is 0.274 e. The molecule has 3 heteroatoms. The Morgan fingerprint density at radius 1 is 1.67 bits per heavy atom. The van der Waals surface area contributed by atoms with E-state index in [-0.39, 0.29) is 6.10 Å². The molecule has 0 fully saturated rings. The van der Waals surface area contributed by atoms with Crippen molar-refractivity contribution in [2.75, 3.05) is 11.9 Å². The number of nitrogens with one attached hydrogen (secondary N) is 1. The van der Waals surface area contributed by atoms with Crippen molar-refractivity contribution >= 4 is 5.82 Å². The summed E-state index contributed by atoms with van der Waals surface area (Å²) >= 11 is 0. The first-order valence-electron chi connectivity index (χ1n) is 4.18. The van der Waals surface area contributed by atoms with Gasteiger partial charge in [0, 0.05) is 6.07 Å². The molecule has 2 heterocycles. The number of aromatic nitrogens is 1. The molecule has 64 valence electrons. The van der Waals surface area contributed by atoms with Crippen LogP contribution in [0.2, 0.25) is 0 Å². The molecule has 1 atom stereocenters. The average molecular weight is 165 g/mol. The number of fused-ring (bicyclic) bond motifs is 1. The molecular weight excluding hydrogens is 152 g/mol. The van der Waals surface area contributed by atoms with Crippen molar-refractivity contribution in [2.45, 2.75) is 19.6 Å². The molecule has 2 N–H and O–H groups in total. The quantitative estimate of drug-likeness (QED) is 0.534. The summed E-state index contributed by atoms with van der Waals surface area (Å²) in [6.45, 7) is 3.42. The first-order chi connectivity index (χ1) is 5.75. The average Bonchev–Trinajstić information content (AvgIpc) is 2.05. The minimum Gasteiger partial charge on any atom is -0.385 e. The number of rotatable bonds is 0. The van der Waals surface area contributed by atoms with Crippen molar-refractivity contribution < 1.29 is 9.67 Å². The first kappa shape index (κ1) is 7.55. The number of nitrogens with zero attached hydrogens (tertiary/aromatic N) is 1. The van der Waals surface area contributed by atoms with Gasteiger partial charge in [0.1, 0.15) is 19.2 Å². The van der Waals surface area contributed by atoms with Crippen molar-refractivity contribution in [2.24, 2.45) is 0 Å². The van der Waals surface area contributed by atoms with Crippen molar-refractivity contribution in [3.05, 3.63) is 23.9 Å². The summed E-state index contributed by atoms with van der Waals surface area (Å²) in [6.07, 6.45) is 1.74. The molecule has 3 nitrogen and oxygen atoms in total. The fourth-order valence-corrected chi connectivity index (χ4v) is 1.46. The zero-order chi connectivity index (χ0) is 8.55. The zero-order valence-electron chi connectivity index (χ0n) is 7.12. The Labute approximate surface area is 71.7 Å². The van der Waals surface area contributed by atoms with Crippen molar-refractivity contribution in [1.82, 2.24) is 0 Å². The van der Waals surface area contributed by atoms with Gasteiger partial charge in [-0.05, 0) is 18.6 Å². The predicted octanol–water partition coefficient (Wildman–Crippen LogP) is 0.0689. The molecule has 1 aromatic rings. The topological polar surface area (TPSA) is 36.1 Å². The van der Waals surface area contributed by atoms with Crippen LogP contribution in [0.5, 0.6) is 0 Å². The predicted molar refractivity (Wildman–Crippen MR) is 45.9 cm³/mol. The van der Waals surface area contributed by atoms with Crippen molar-refractivity contribution in [1.29, 1.82) is 0 Å². The summed E-state index contributed by atoms with van der Waals surface area (Å²) in [5, 5.41) is 12.5. The standard InChI is InChI=1S/C9H12N2O/c1-7-2-3-11-6-8(12)5-10-9(11)4-7/h2-4,8,12H,5-6H2,1H3/p+1/t8-/m0/s1. The molecule has 12 heavy (non-hydrogen) atoms. The molecule has 2 rings (SSSR count). The lowest BCUT2D eigenvalue weighted by atomic mass is 10.2. The van der Waals surface area contributed by atoms with Gasteiger partial charge in [0.2, 0.25) is 0 Å². The molecule has 0 radical (unpaired) electrons. The highest BCUT2D eigenvalue weighted by molar-refractivity contribution is 5.32. The van der Waals surface area contributed by atoms with E-state index in [4.69, 9.17) is 0 Å². The normalized spacial score (nSPS) is 21.3. The summed E-state index contributed by atoms with van der Waals surface area (Å²) in [6, 6.07) is 4.13. The Kier molecular flexibility index (Phi) is 1.73. The van der Waals surface area contributed by atoms with Crippen LogP contribution in [0.4, 0.5) is 5.82 Å². The number of aliphatic hydroxyl groups is 1. The number of β-amino-alcohol motifs (C(OH)–C–C–N with tert-alkyl or cyclic N) is 1. The van der Waals surface area contributed by atoms with Crippen LogP contribution in [-0.2, 0) is 6.54 Å². The van der Waals surface area contributed by atoms with Gasteiger partial charge in [-0.1, -0.05) is 0 Å². The third-order valence-electron chi connectivity index (χ3n) is 2.12. The number of aryl methyl sites for hydroxylation is 1. The Hall–Kier alpha value is -1.09. The Bertz CT molecular complexity index is 299. The highest BCUT2D eigenvalue weighted by Crippen LogP contribution is 2.07. The van der Waals surface area contributed by atoms with E-state index in [0.717, 1.165) is 5.82 Å². The van der Waals surface area contributed by atoms with Crippen LogP contribution in [0.1, 0.15) is 5.56 Å². The summed E-state index contributed by atoms with van der Waals surface area (Å²) < 4.78 is 2.03. The Balaban J connectivity index is 2.37. The fourth-order valence-electron chi connectivity index (χ4n) is 1.46. The van der Waals surface area contributed by atoms with Gasteiger partial charge in [0.05, 0.1) is 6.20 Å². The van der Waals surface area contributed by atoms with Gasteiger partial charge >= 0.3 is 0 Å². The van der Waals surface area contributed by atoms with Crippen LogP contribution < -0.4 is 9.88 Å². The van der Waals surface area contributed by atoms with E-state index < -0.39 is 0 Å². The van der Waals surface area contributed by atoms with Crippen LogP contribution in [-0.4, -0.2) is 17.8 Å². The second-order valence-electron chi connectivity index (χ2n) is 3.28. The molecule has 1 aliphatic heterocycles. The van der Waals surface area contributed by atoms with E-state index in [1.807, 2.05) is 16.8 Å². The second-order valence-corrected chi connectivity index (χ2v) is 3.28. The number of aliphatic hydroxyl groups excluding tert-OH is 1. The van der Waals surface area contributed by atoms with Gasteiger partial charge in [0.15, 0.2) is 0 Å². The maximum atomic E-state index is 9.34. The minimum atomic E-state index is -0.259. The zero-order valence-corrected chi connectivity index (χ0v) is 7.12. The molecule has 0 bridgehead atoms. The number of hydrogen-bond donors (Lipinski definition) is 2. The third kappa shape index (κ3) is 1.28. The lowest BCUT2D eigenvalue weighted by molar-refractivity contribution is -0.693. The van der Waals surface area contributed by atoms with E-state index in [9.17, 15) is 5.11 Å². The minimum absolute atomic E-state index is 0.259. The summed E-state index contributed by atoms with van der Waals surface area (Å²) in [7, 11) is 0. The Morgan fingerprint density at radius 3 is 3.33 bits per heavy atom. The highest BCUT2D eigenvalue weighted by atomic mass is 16.3. The first-order valence-corrected chi connectivity index (χ1v) is 4.18. The second kappa shape index (κ2) is 2.75. The maximum Gasteiger partial charge on any atom is 0.274 e. The van der Waals surface area contributed by atoms with Gasteiger partial charge in [0.25, 0.3) is 5.82 Å². The number of anilines is 1. The van der Waals surface area contributed by atoms with Gasteiger partial charge in [-0.25, -0.2) is 4.57 Å². The van der Waals surface area contributed by atoms with Crippen LogP contribution >= 0.6 is 0 Å². The molecule has 1 aliphatic rings. The van der Waals surface area contributed by atoms with Crippen LogP contribution in [0.3, 0.4) is 0 Å². The molecule has 0 saturated carbocycles. The van der Waals surface area contributed by atoms with E-state index in [0.29, 0.717) is 13.1 Å². The third-order valence-corrected chi connectivity index (χ3v) is 2.12. The lowest BCUT2D eigenvalue weighted by Crippen LogP contribution is -2.49. The molecule has 0 aliphatic carbocycles. The van der Waals surface area contributed by atoms with Gasteiger partial charge in [-0.3, -0.25) is 5.32 Å². The molecule has 0 unspecified atom stereocenters. The monoisotopic (exact) mass is 165 g/mol. The molecular formula is C9H13N2O+. The van der Waals surface area contributed by atoms with Crippen LogP contribution in [0.15, 0.2) is 18.3 Å². The summed E-state index contributed by atoms with van der Waals surface area (Å²) in [4.78, 5) is 0. The SMILES string of the molecule is Cc1cc[n+]2c(c1)NC[C@H](O)C2. The van der Waals surface area contributed by atoms with E-state index in [1.165, 1.54) is 5.56 Å². The van der Waals surface area contributed by atoms with E-state index >= 15 is 0 Å². The Morgan fingerprint density at radius 2 is 2.50 bits per heavy atom. The lowest BCUT2D eigenvalue weighted by Gasteiger charge is -2.17. The fraction of sp³-hybridized carbons (Fsp3) is 0.444. The molecule has 0 aromatic carbocycles. The van der Waals surface area contributed by atoms with Crippen molar-refractivity contribution in [3.63, 3.8) is 0 Å². The largest absolute Gasteiger partial charge is 0.385 e. The van der Waals surface area contributed by atoms with E-state index in [2.05, 4.69) is 18.3 Å². The molecule has 0 spiro atoms. The molecule has 1 aromatic heterocycles. The van der Waals surface area contributed by atoms with Crippen LogP contribution in [0.25, 0.3) is 0 Å². The van der Waals surface area contributed by atoms with Crippen LogP contribution in [0, 0.1) is 6.92 Å². The van der Waals surface area contributed by atoms with Crippen molar-refractivity contribution in [3.8, 4) is 0 Å². The summed E-state index contributed by atoms with van der Waals surface area (Å²) in [5.41, 5.74) is 1.24. The van der Waals surface area contributed by atoms with E-state index in [1.54, 1.807) is 0 Å². The van der Waals surface area contributed by atoms with Gasteiger partial charge in [-0.15, -0.1) is 0 Å². The van der Waals surface area contributed by atoms with Gasteiger partial charge < -0.3 is 5.11 Å². The molecule has 0 saturated heterocycles. The van der Waals surface area contributed by atoms with Gasteiger partial charge in [-0.2, -0.15) is 0 Å². The number of pyridine rings is 1. The highest BCUT2D eigenvalue weighted by Gasteiger charge is 2.20. The maximum absolute atomic E-state index is 9.34. The number of hydrogen-bond acceptors (Lipinski definition) is 2.